The van der Waals surface area contributed by atoms with Crippen LogP contribution in [-0.2, 0) is 15.8 Å². The SMILES string of the molecule is CCOC(=O)c1ccc(S(=O)O)cc1.[LiH]. The van der Waals surface area contributed by atoms with Crippen LogP contribution in [0, 0.1) is 0 Å². The molecule has 1 N–H and O–H groups in total. The van der Waals surface area contributed by atoms with Crippen LogP contribution in [0.3, 0.4) is 0 Å². The molecule has 0 amide bonds. The molecule has 0 aromatic heterocycles. The van der Waals surface area contributed by atoms with E-state index in [1.165, 1.54) is 24.3 Å². The van der Waals surface area contributed by atoms with E-state index in [4.69, 9.17) is 9.29 Å². The molecular formula is C9H11LiO4S. The van der Waals surface area contributed by atoms with E-state index in [0.29, 0.717) is 12.2 Å². The van der Waals surface area contributed by atoms with Crippen LogP contribution < -0.4 is 0 Å². The van der Waals surface area contributed by atoms with Gasteiger partial charge in [0.25, 0.3) is 0 Å². The summed E-state index contributed by atoms with van der Waals surface area (Å²) in [5, 5.41) is 0. The second-order valence-corrected chi connectivity index (χ2v) is 3.46. The fourth-order valence-corrected chi connectivity index (χ4v) is 1.29. The summed E-state index contributed by atoms with van der Waals surface area (Å²) in [6.07, 6.45) is 0. The van der Waals surface area contributed by atoms with Crippen LogP contribution in [0.4, 0.5) is 0 Å². The first-order valence-electron chi connectivity index (χ1n) is 4.03. The Bertz CT molecular complexity index is 350. The number of carbonyl (C=O) groups is 1. The number of carbonyl (C=O) groups excluding carboxylic acids is 1. The van der Waals surface area contributed by atoms with Crippen LogP contribution in [0.1, 0.15) is 17.3 Å². The number of esters is 1. The maximum absolute atomic E-state index is 11.2. The van der Waals surface area contributed by atoms with Gasteiger partial charge in [-0.1, -0.05) is 0 Å². The Balaban J connectivity index is 0.00000196. The first kappa shape index (κ1) is 14.4. The van der Waals surface area contributed by atoms with Crippen molar-refractivity contribution in [1.82, 2.24) is 0 Å². The van der Waals surface area contributed by atoms with Gasteiger partial charge in [-0.05, 0) is 31.2 Å². The fraction of sp³-hybridized carbons (Fsp3) is 0.222. The van der Waals surface area contributed by atoms with Gasteiger partial charge in [-0.2, -0.15) is 0 Å². The van der Waals surface area contributed by atoms with E-state index in [0.717, 1.165) is 0 Å². The summed E-state index contributed by atoms with van der Waals surface area (Å²) in [7, 11) is 0. The van der Waals surface area contributed by atoms with Crippen molar-refractivity contribution in [3.8, 4) is 0 Å². The molecule has 15 heavy (non-hydrogen) atoms. The number of benzene rings is 1. The van der Waals surface area contributed by atoms with Gasteiger partial charge in [-0.3, -0.25) is 0 Å². The summed E-state index contributed by atoms with van der Waals surface area (Å²) < 4.78 is 24.1. The molecule has 1 atom stereocenters. The molecule has 0 bridgehead atoms. The third-order valence-electron chi connectivity index (χ3n) is 1.57. The van der Waals surface area contributed by atoms with E-state index in [9.17, 15) is 9.00 Å². The molecule has 0 saturated carbocycles. The van der Waals surface area contributed by atoms with Crippen LogP contribution in [0.15, 0.2) is 29.2 Å². The zero-order valence-electron chi connectivity index (χ0n) is 7.60. The predicted molar refractivity (Wildman–Crippen MR) is 58.6 cm³/mol. The van der Waals surface area contributed by atoms with Gasteiger partial charge >= 0.3 is 24.8 Å². The molecule has 0 spiro atoms. The molecule has 0 saturated heterocycles. The minimum atomic E-state index is -2.01. The Morgan fingerprint density at radius 3 is 2.33 bits per heavy atom. The van der Waals surface area contributed by atoms with E-state index >= 15 is 0 Å². The van der Waals surface area contributed by atoms with E-state index < -0.39 is 17.0 Å². The van der Waals surface area contributed by atoms with Gasteiger partial charge in [0.1, 0.15) is 0 Å². The molecule has 0 aliphatic heterocycles. The van der Waals surface area contributed by atoms with Gasteiger partial charge in [0, 0.05) is 0 Å². The predicted octanol–water partition coefficient (Wildman–Crippen LogP) is 0.795. The molecule has 1 rings (SSSR count). The molecule has 0 fully saturated rings. The minimum absolute atomic E-state index is 0. The van der Waals surface area contributed by atoms with E-state index in [2.05, 4.69) is 0 Å². The van der Waals surface area contributed by atoms with Crippen LogP contribution in [0.5, 0.6) is 0 Å². The Hall–Kier alpha value is -0.603. The zero-order valence-corrected chi connectivity index (χ0v) is 8.41. The number of ether oxygens (including phenoxy) is 1. The molecule has 1 unspecified atom stereocenters. The van der Waals surface area contributed by atoms with Gasteiger partial charge in [-0.15, -0.1) is 0 Å². The molecule has 0 heterocycles. The van der Waals surface area contributed by atoms with E-state index in [-0.39, 0.29) is 23.8 Å². The van der Waals surface area contributed by atoms with Crippen molar-refractivity contribution in [3.63, 3.8) is 0 Å². The first-order valence-corrected chi connectivity index (χ1v) is 5.14. The van der Waals surface area contributed by atoms with Crippen molar-refractivity contribution in [2.75, 3.05) is 6.61 Å². The van der Waals surface area contributed by atoms with Crippen molar-refractivity contribution in [1.29, 1.82) is 0 Å². The molecule has 6 heteroatoms. The molecule has 0 aliphatic rings. The fourth-order valence-electron chi connectivity index (χ4n) is 0.922. The van der Waals surface area contributed by atoms with Crippen molar-refractivity contribution >= 4 is 35.9 Å². The van der Waals surface area contributed by atoms with Crippen molar-refractivity contribution in [3.05, 3.63) is 29.8 Å². The number of hydrogen-bond acceptors (Lipinski definition) is 3. The Morgan fingerprint density at radius 2 is 1.93 bits per heavy atom. The van der Waals surface area contributed by atoms with E-state index in [1.54, 1.807) is 6.92 Å². The molecule has 0 radical (unpaired) electrons. The summed E-state index contributed by atoms with van der Waals surface area (Å²) in [5.41, 5.74) is 0.376. The third-order valence-corrected chi connectivity index (χ3v) is 2.24. The standard InChI is InChI=1S/C9H10O4S.Li.H/c1-2-13-9(10)7-3-5-8(6-4-7)14(11)12;;/h3-6H,2H2,1H3,(H,11,12);;. The molecular weight excluding hydrogens is 211 g/mol. The molecule has 4 nitrogen and oxygen atoms in total. The molecule has 1 aromatic carbocycles. The summed E-state index contributed by atoms with van der Waals surface area (Å²) in [4.78, 5) is 11.4. The summed E-state index contributed by atoms with van der Waals surface area (Å²) >= 11 is -2.01. The Morgan fingerprint density at radius 1 is 1.40 bits per heavy atom. The summed E-state index contributed by atoms with van der Waals surface area (Å²) in [5.74, 6) is -0.428. The van der Waals surface area contributed by atoms with Crippen LogP contribution in [0.2, 0.25) is 0 Å². The molecule has 1 aromatic rings. The number of hydrogen-bond donors (Lipinski definition) is 1. The number of rotatable bonds is 3. The van der Waals surface area contributed by atoms with Gasteiger partial charge < -0.3 is 9.29 Å². The topological polar surface area (TPSA) is 63.6 Å². The third kappa shape index (κ3) is 4.18. The average Bonchev–Trinajstić information content (AvgIpc) is 2.18. The van der Waals surface area contributed by atoms with E-state index in [1.807, 2.05) is 0 Å². The second-order valence-electron chi connectivity index (χ2n) is 2.49. The van der Waals surface area contributed by atoms with Crippen LogP contribution >= 0.6 is 0 Å². The Kier molecular flexibility index (Phi) is 6.53. The first-order chi connectivity index (χ1) is 6.65. The van der Waals surface area contributed by atoms with Crippen molar-refractivity contribution in [2.24, 2.45) is 0 Å². The maximum atomic E-state index is 11.2. The summed E-state index contributed by atoms with van der Waals surface area (Å²) in [6.45, 7) is 2.03. The monoisotopic (exact) mass is 222 g/mol. The molecule has 78 valence electrons. The van der Waals surface area contributed by atoms with Gasteiger partial charge in [0.2, 0.25) is 0 Å². The van der Waals surface area contributed by atoms with Crippen molar-refractivity contribution in [2.45, 2.75) is 11.8 Å². The molecule has 0 aliphatic carbocycles. The van der Waals surface area contributed by atoms with Gasteiger partial charge in [0.05, 0.1) is 17.1 Å². The quantitative estimate of drug-likeness (QED) is 0.466. The normalized spacial score (nSPS) is 11.3. The second kappa shape index (κ2) is 6.80. The average molecular weight is 222 g/mol. The van der Waals surface area contributed by atoms with Gasteiger partial charge in [-0.25, -0.2) is 9.00 Å². The van der Waals surface area contributed by atoms with Gasteiger partial charge in [0.15, 0.2) is 11.1 Å². The zero-order chi connectivity index (χ0) is 10.6. The summed E-state index contributed by atoms with van der Waals surface area (Å²) in [6, 6.07) is 5.76. The van der Waals surface area contributed by atoms with Crippen LogP contribution in [0.25, 0.3) is 0 Å². The van der Waals surface area contributed by atoms with Crippen LogP contribution in [-0.4, -0.2) is 40.2 Å². The van der Waals surface area contributed by atoms with Crippen molar-refractivity contribution < 1.29 is 18.3 Å². The Labute approximate surface area is 102 Å².